The smallest absolute Gasteiger partial charge is 0.228 e. The Morgan fingerprint density at radius 1 is 1.41 bits per heavy atom. The van der Waals surface area contributed by atoms with Gasteiger partial charge in [-0.2, -0.15) is 0 Å². The first-order valence-corrected chi connectivity index (χ1v) is 6.40. The maximum absolute atomic E-state index is 11.3. The largest absolute Gasteiger partial charge is 0.326 e. The van der Waals surface area contributed by atoms with Crippen molar-refractivity contribution in [2.24, 2.45) is 11.7 Å². The van der Waals surface area contributed by atoms with Gasteiger partial charge >= 0.3 is 0 Å². The number of fused-ring (bicyclic) bond motifs is 1. The molecule has 1 aliphatic heterocycles. The van der Waals surface area contributed by atoms with Gasteiger partial charge in [-0.15, -0.1) is 0 Å². The predicted molar refractivity (Wildman–Crippen MR) is 67.7 cm³/mol. The van der Waals surface area contributed by atoms with Crippen molar-refractivity contribution in [3.05, 3.63) is 29.3 Å². The van der Waals surface area contributed by atoms with E-state index in [1.807, 2.05) is 12.1 Å². The lowest BCUT2D eigenvalue weighted by molar-refractivity contribution is -0.115. The van der Waals surface area contributed by atoms with E-state index in [9.17, 15) is 4.79 Å². The van der Waals surface area contributed by atoms with Crippen LogP contribution in [0.25, 0.3) is 0 Å². The zero-order valence-corrected chi connectivity index (χ0v) is 9.91. The number of nitrogens with one attached hydrogen (secondary N) is 1. The van der Waals surface area contributed by atoms with Crippen molar-refractivity contribution < 1.29 is 4.79 Å². The molecule has 3 heteroatoms. The summed E-state index contributed by atoms with van der Waals surface area (Å²) in [6, 6.07) is 6.25. The number of anilines is 1. The number of hydrogen-bond acceptors (Lipinski definition) is 2. The molecule has 1 amide bonds. The fourth-order valence-corrected chi connectivity index (χ4v) is 2.70. The molecule has 1 aromatic rings. The Morgan fingerprint density at radius 2 is 2.24 bits per heavy atom. The summed E-state index contributed by atoms with van der Waals surface area (Å²) in [7, 11) is 0. The van der Waals surface area contributed by atoms with E-state index in [4.69, 9.17) is 5.73 Å². The van der Waals surface area contributed by atoms with E-state index in [1.54, 1.807) is 0 Å². The Hall–Kier alpha value is -1.35. The van der Waals surface area contributed by atoms with Crippen LogP contribution in [-0.4, -0.2) is 5.91 Å². The van der Waals surface area contributed by atoms with E-state index in [2.05, 4.69) is 11.4 Å². The molecule has 3 N–H and O–H groups in total. The molecule has 90 valence electrons. The van der Waals surface area contributed by atoms with Crippen molar-refractivity contribution in [1.82, 2.24) is 0 Å². The zero-order chi connectivity index (χ0) is 11.8. The van der Waals surface area contributed by atoms with E-state index in [0.717, 1.165) is 23.6 Å². The Morgan fingerprint density at radius 3 is 2.94 bits per heavy atom. The summed E-state index contributed by atoms with van der Waals surface area (Å²) in [5, 5.41) is 2.85. The van der Waals surface area contributed by atoms with Crippen LogP contribution < -0.4 is 11.1 Å². The van der Waals surface area contributed by atoms with Crippen LogP contribution in [0.1, 0.15) is 42.9 Å². The van der Waals surface area contributed by atoms with Gasteiger partial charge in [0.05, 0.1) is 6.42 Å². The number of benzene rings is 1. The molecule has 0 aromatic heterocycles. The van der Waals surface area contributed by atoms with Gasteiger partial charge < -0.3 is 11.1 Å². The molecule has 3 rings (SSSR count). The highest BCUT2D eigenvalue weighted by atomic mass is 16.1. The molecule has 0 saturated heterocycles. The maximum Gasteiger partial charge on any atom is 0.228 e. The Bertz CT molecular complexity index is 452. The van der Waals surface area contributed by atoms with Crippen LogP contribution in [-0.2, 0) is 11.2 Å². The first kappa shape index (κ1) is 10.8. The Balaban J connectivity index is 1.74. The van der Waals surface area contributed by atoms with E-state index in [-0.39, 0.29) is 11.9 Å². The molecule has 1 unspecified atom stereocenters. The lowest BCUT2D eigenvalue weighted by Gasteiger charge is -2.28. The Kier molecular flexibility index (Phi) is 2.63. The standard InChI is InChI=1S/C14H18N2O/c15-12(6-9-2-1-3-9)10-4-5-13-11(7-10)8-14(17)16-13/h4-5,7,9,12H,1-3,6,8,15H2,(H,16,17). The number of hydrogen-bond donors (Lipinski definition) is 2. The van der Waals surface area contributed by atoms with Crippen molar-refractivity contribution in [3.63, 3.8) is 0 Å². The number of rotatable bonds is 3. The molecular formula is C14H18N2O. The second-order valence-corrected chi connectivity index (χ2v) is 5.28. The van der Waals surface area contributed by atoms with Crippen molar-refractivity contribution in [2.45, 2.75) is 38.1 Å². The first-order valence-electron chi connectivity index (χ1n) is 6.40. The summed E-state index contributed by atoms with van der Waals surface area (Å²) in [5.74, 6) is 0.905. The summed E-state index contributed by atoms with van der Waals surface area (Å²) in [5.41, 5.74) is 9.45. The van der Waals surface area contributed by atoms with Crippen LogP contribution in [0.5, 0.6) is 0 Å². The number of carbonyl (C=O) groups excluding carboxylic acids is 1. The molecule has 1 saturated carbocycles. The van der Waals surface area contributed by atoms with Gasteiger partial charge in [0.1, 0.15) is 0 Å². The molecule has 3 nitrogen and oxygen atoms in total. The summed E-state index contributed by atoms with van der Waals surface area (Å²) in [4.78, 5) is 11.3. The van der Waals surface area contributed by atoms with Crippen molar-refractivity contribution in [3.8, 4) is 0 Å². The predicted octanol–water partition coefficient (Wildman–Crippen LogP) is 2.37. The lowest BCUT2D eigenvalue weighted by atomic mass is 9.79. The minimum absolute atomic E-state index is 0.0877. The highest BCUT2D eigenvalue weighted by molar-refractivity contribution is 5.99. The van der Waals surface area contributed by atoms with Crippen LogP contribution in [0.15, 0.2) is 18.2 Å². The van der Waals surface area contributed by atoms with E-state index >= 15 is 0 Å². The second kappa shape index (κ2) is 4.15. The molecule has 1 heterocycles. The van der Waals surface area contributed by atoms with Gasteiger partial charge in [-0.05, 0) is 29.5 Å². The minimum atomic E-state index is 0.0877. The first-order chi connectivity index (χ1) is 8.22. The van der Waals surface area contributed by atoms with Crippen LogP contribution >= 0.6 is 0 Å². The fourth-order valence-electron chi connectivity index (χ4n) is 2.70. The third-order valence-corrected chi connectivity index (χ3v) is 3.99. The van der Waals surface area contributed by atoms with Crippen molar-refractivity contribution in [2.75, 3.05) is 5.32 Å². The molecular weight excluding hydrogens is 212 g/mol. The molecule has 0 radical (unpaired) electrons. The topological polar surface area (TPSA) is 55.1 Å². The molecule has 17 heavy (non-hydrogen) atoms. The SMILES string of the molecule is NC(CC1CCC1)c1ccc2c(c1)CC(=O)N2. The quantitative estimate of drug-likeness (QED) is 0.837. The average molecular weight is 230 g/mol. The fraction of sp³-hybridized carbons (Fsp3) is 0.500. The number of amides is 1. The molecule has 0 spiro atoms. The van der Waals surface area contributed by atoms with Crippen molar-refractivity contribution >= 4 is 11.6 Å². The third-order valence-electron chi connectivity index (χ3n) is 3.99. The van der Waals surface area contributed by atoms with E-state index < -0.39 is 0 Å². The second-order valence-electron chi connectivity index (χ2n) is 5.28. The highest BCUT2D eigenvalue weighted by Crippen LogP contribution is 2.35. The maximum atomic E-state index is 11.3. The van der Waals surface area contributed by atoms with Crippen LogP contribution in [0, 0.1) is 5.92 Å². The Labute approximate surface area is 101 Å². The normalized spacial score (nSPS) is 20.6. The molecule has 0 bridgehead atoms. The molecule has 2 aliphatic rings. The van der Waals surface area contributed by atoms with Crippen LogP contribution in [0.4, 0.5) is 5.69 Å². The van der Waals surface area contributed by atoms with Crippen molar-refractivity contribution in [1.29, 1.82) is 0 Å². The van der Waals surface area contributed by atoms with Gasteiger partial charge in [-0.3, -0.25) is 4.79 Å². The summed E-state index contributed by atoms with van der Waals surface area (Å²) in [6.45, 7) is 0. The van der Waals surface area contributed by atoms with Gasteiger partial charge in [0.25, 0.3) is 0 Å². The summed E-state index contributed by atoms with van der Waals surface area (Å²) >= 11 is 0. The molecule has 1 aromatic carbocycles. The molecule has 1 aliphatic carbocycles. The van der Waals surface area contributed by atoms with Crippen LogP contribution in [0.3, 0.4) is 0 Å². The van der Waals surface area contributed by atoms with Crippen LogP contribution in [0.2, 0.25) is 0 Å². The lowest BCUT2D eigenvalue weighted by Crippen LogP contribution is -2.20. The monoisotopic (exact) mass is 230 g/mol. The van der Waals surface area contributed by atoms with Gasteiger partial charge in [0.2, 0.25) is 5.91 Å². The zero-order valence-electron chi connectivity index (χ0n) is 9.91. The van der Waals surface area contributed by atoms with Gasteiger partial charge in [0.15, 0.2) is 0 Å². The molecule has 1 atom stereocenters. The van der Waals surface area contributed by atoms with Gasteiger partial charge in [-0.1, -0.05) is 31.4 Å². The number of nitrogens with two attached hydrogens (primary N) is 1. The highest BCUT2D eigenvalue weighted by Gasteiger charge is 2.23. The summed E-state index contributed by atoms with van der Waals surface area (Å²) in [6.07, 6.45) is 5.61. The summed E-state index contributed by atoms with van der Waals surface area (Å²) < 4.78 is 0. The van der Waals surface area contributed by atoms with Gasteiger partial charge in [0, 0.05) is 11.7 Å². The van der Waals surface area contributed by atoms with Gasteiger partial charge in [-0.25, -0.2) is 0 Å². The molecule has 1 fully saturated rings. The van der Waals surface area contributed by atoms with E-state index in [1.165, 1.54) is 24.8 Å². The van der Waals surface area contributed by atoms with E-state index in [0.29, 0.717) is 6.42 Å². The minimum Gasteiger partial charge on any atom is -0.326 e. The number of carbonyl (C=O) groups is 1. The average Bonchev–Trinajstić information content (AvgIpc) is 2.62. The third kappa shape index (κ3) is 2.07.